The minimum Gasteiger partial charge on any atom is -0.341 e. The third-order valence-electron chi connectivity index (χ3n) is 3.37. The van der Waals surface area contributed by atoms with Crippen LogP contribution in [0.4, 0.5) is 4.39 Å². The molecule has 1 amide bonds. The van der Waals surface area contributed by atoms with Crippen molar-refractivity contribution in [1.82, 2.24) is 15.1 Å². The molecule has 0 aliphatic heterocycles. The molecule has 6 heteroatoms. The number of carbonyl (C=O) groups is 1. The standard InChI is InChI=1S/C17H16FN3O2/c1-4-9-19-16(22)15-10-11(2)20-21(17(15)23)12(3)13-5-7-14(18)8-6-13/h1,5-8,10,12H,9H2,2-3H3,(H,19,22)/t12-/m0/s1. The van der Waals surface area contributed by atoms with Crippen molar-refractivity contribution >= 4 is 5.91 Å². The van der Waals surface area contributed by atoms with Gasteiger partial charge in [0.2, 0.25) is 0 Å². The van der Waals surface area contributed by atoms with E-state index in [2.05, 4.69) is 16.3 Å². The normalized spacial score (nSPS) is 11.6. The fourth-order valence-electron chi connectivity index (χ4n) is 2.17. The van der Waals surface area contributed by atoms with Gasteiger partial charge >= 0.3 is 0 Å². The van der Waals surface area contributed by atoms with Crippen LogP contribution in [0.1, 0.15) is 34.6 Å². The van der Waals surface area contributed by atoms with Gasteiger partial charge in [0.15, 0.2) is 0 Å². The van der Waals surface area contributed by atoms with Gasteiger partial charge in [-0.3, -0.25) is 9.59 Å². The quantitative estimate of drug-likeness (QED) is 0.873. The first kappa shape index (κ1) is 16.4. The van der Waals surface area contributed by atoms with Crippen molar-refractivity contribution in [2.45, 2.75) is 19.9 Å². The Bertz CT molecular complexity index is 819. The highest BCUT2D eigenvalue weighted by Crippen LogP contribution is 2.16. The minimum atomic E-state index is -0.543. The molecule has 1 aromatic carbocycles. The number of nitrogens with zero attached hydrogens (tertiary/aromatic N) is 2. The van der Waals surface area contributed by atoms with Crippen LogP contribution in [0.2, 0.25) is 0 Å². The highest BCUT2D eigenvalue weighted by Gasteiger charge is 2.18. The van der Waals surface area contributed by atoms with Gasteiger partial charge in [-0.15, -0.1) is 6.42 Å². The lowest BCUT2D eigenvalue weighted by molar-refractivity contribution is 0.0956. The van der Waals surface area contributed by atoms with Gasteiger partial charge < -0.3 is 5.32 Å². The molecule has 2 rings (SSSR count). The summed E-state index contributed by atoms with van der Waals surface area (Å²) in [5.41, 5.74) is 0.676. The molecule has 0 radical (unpaired) electrons. The lowest BCUT2D eigenvalue weighted by atomic mass is 10.1. The summed E-state index contributed by atoms with van der Waals surface area (Å²) in [5.74, 6) is 1.37. The van der Waals surface area contributed by atoms with Crippen molar-refractivity contribution in [3.63, 3.8) is 0 Å². The summed E-state index contributed by atoms with van der Waals surface area (Å²) in [5, 5.41) is 6.65. The maximum absolute atomic E-state index is 13.0. The van der Waals surface area contributed by atoms with Gasteiger partial charge in [-0.25, -0.2) is 9.07 Å². The van der Waals surface area contributed by atoms with Crippen LogP contribution < -0.4 is 10.9 Å². The highest BCUT2D eigenvalue weighted by atomic mass is 19.1. The Balaban J connectivity index is 2.45. The first-order chi connectivity index (χ1) is 10.9. The summed E-state index contributed by atoms with van der Waals surface area (Å²) in [6.07, 6.45) is 5.10. The molecule has 0 unspecified atom stereocenters. The van der Waals surface area contributed by atoms with Crippen molar-refractivity contribution in [3.05, 3.63) is 63.3 Å². The van der Waals surface area contributed by atoms with Crippen LogP contribution in [-0.4, -0.2) is 22.2 Å². The number of carbonyl (C=O) groups excluding carboxylic acids is 1. The van der Waals surface area contributed by atoms with Gasteiger partial charge in [-0.1, -0.05) is 18.1 Å². The predicted octanol–water partition coefficient (Wildman–Crippen LogP) is 1.66. The summed E-state index contributed by atoms with van der Waals surface area (Å²) in [6, 6.07) is 6.76. The third kappa shape index (κ3) is 3.64. The second kappa shape index (κ2) is 6.88. The Morgan fingerprint density at radius 2 is 2.09 bits per heavy atom. The van der Waals surface area contributed by atoms with Gasteiger partial charge in [0, 0.05) is 0 Å². The first-order valence-corrected chi connectivity index (χ1v) is 7.01. The summed E-state index contributed by atoms with van der Waals surface area (Å²) >= 11 is 0. The summed E-state index contributed by atoms with van der Waals surface area (Å²) in [7, 11) is 0. The van der Waals surface area contributed by atoms with E-state index in [-0.39, 0.29) is 17.9 Å². The van der Waals surface area contributed by atoms with Gasteiger partial charge in [-0.05, 0) is 37.6 Å². The Labute approximate surface area is 133 Å². The van der Waals surface area contributed by atoms with Crippen molar-refractivity contribution in [2.75, 3.05) is 6.54 Å². The Morgan fingerprint density at radius 1 is 1.43 bits per heavy atom. The zero-order chi connectivity index (χ0) is 17.0. The summed E-state index contributed by atoms with van der Waals surface area (Å²) in [6.45, 7) is 3.47. The van der Waals surface area contributed by atoms with Crippen molar-refractivity contribution in [2.24, 2.45) is 0 Å². The molecular weight excluding hydrogens is 297 g/mol. The molecule has 118 valence electrons. The van der Waals surface area contributed by atoms with Crippen LogP contribution in [-0.2, 0) is 0 Å². The Morgan fingerprint density at radius 3 is 2.70 bits per heavy atom. The molecule has 0 saturated heterocycles. The molecule has 0 spiro atoms. The van der Waals surface area contributed by atoms with Gasteiger partial charge in [-0.2, -0.15) is 5.10 Å². The molecule has 0 aliphatic rings. The fourth-order valence-corrected chi connectivity index (χ4v) is 2.17. The topological polar surface area (TPSA) is 64.0 Å². The van der Waals surface area contributed by atoms with E-state index in [1.54, 1.807) is 26.0 Å². The zero-order valence-corrected chi connectivity index (χ0v) is 12.8. The maximum atomic E-state index is 13.0. The van der Waals surface area contributed by atoms with E-state index >= 15 is 0 Å². The highest BCUT2D eigenvalue weighted by molar-refractivity contribution is 5.94. The molecule has 2 aromatic rings. The van der Waals surface area contributed by atoms with E-state index in [0.29, 0.717) is 11.3 Å². The molecule has 23 heavy (non-hydrogen) atoms. The summed E-state index contributed by atoms with van der Waals surface area (Å²) < 4.78 is 14.2. The van der Waals surface area contributed by atoms with Gasteiger partial charge in [0.05, 0.1) is 18.3 Å². The van der Waals surface area contributed by atoms with Crippen molar-refractivity contribution in [3.8, 4) is 12.3 Å². The number of terminal acetylenes is 1. The number of hydrogen-bond acceptors (Lipinski definition) is 3. The number of amides is 1. The number of rotatable bonds is 4. The molecule has 1 atom stereocenters. The molecule has 0 fully saturated rings. The largest absolute Gasteiger partial charge is 0.341 e. The smallest absolute Gasteiger partial charge is 0.280 e. The molecule has 0 bridgehead atoms. The van der Waals surface area contributed by atoms with Crippen LogP contribution in [0, 0.1) is 25.1 Å². The van der Waals surface area contributed by atoms with E-state index < -0.39 is 17.5 Å². The number of halogens is 1. The van der Waals surface area contributed by atoms with Crippen LogP contribution in [0.25, 0.3) is 0 Å². The van der Waals surface area contributed by atoms with Crippen LogP contribution in [0.5, 0.6) is 0 Å². The van der Waals surface area contributed by atoms with Crippen LogP contribution in [0.3, 0.4) is 0 Å². The van der Waals surface area contributed by atoms with Crippen molar-refractivity contribution < 1.29 is 9.18 Å². The molecule has 1 heterocycles. The number of hydrogen-bond donors (Lipinski definition) is 1. The minimum absolute atomic E-state index is 0.0262. The number of benzene rings is 1. The van der Waals surface area contributed by atoms with E-state index in [4.69, 9.17) is 6.42 Å². The average Bonchev–Trinajstić information content (AvgIpc) is 2.54. The molecule has 0 aliphatic carbocycles. The maximum Gasteiger partial charge on any atom is 0.280 e. The Kier molecular flexibility index (Phi) is 4.91. The van der Waals surface area contributed by atoms with E-state index in [1.165, 1.54) is 22.9 Å². The second-order valence-electron chi connectivity index (χ2n) is 5.06. The lowest BCUT2D eigenvalue weighted by Gasteiger charge is -2.16. The molecular formula is C17H16FN3O2. The van der Waals surface area contributed by atoms with Gasteiger partial charge in [0.1, 0.15) is 11.4 Å². The number of aryl methyl sites for hydroxylation is 1. The Hall–Kier alpha value is -2.94. The monoisotopic (exact) mass is 313 g/mol. The lowest BCUT2D eigenvalue weighted by Crippen LogP contribution is -2.36. The van der Waals surface area contributed by atoms with Gasteiger partial charge in [0.25, 0.3) is 11.5 Å². The molecule has 1 aromatic heterocycles. The fraction of sp³-hybridized carbons (Fsp3) is 0.235. The predicted molar refractivity (Wildman–Crippen MR) is 84.6 cm³/mol. The molecule has 0 saturated carbocycles. The van der Waals surface area contributed by atoms with Crippen LogP contribution >= 0.6 is 0 Å². The molecule has 5 nitrogen and oxygen atoms in total. The zero-order valence-electron chi connectivity index (χ0n) is 12.8. The first-order valence-electron chi connectivity index (χ1n) is 7.01. The van der Waals surface area contributed by atoms with E-state index in [9.17, 15) is 14.0 Å². The molecule has 1 N–H and O–H groups in total. The average molecular weight is 313 g/mol. The van der Waals surface area contributed by atoms with Crippen molar-refractivity contribution in [1.29, 1.82) is 0 Å². The summed E-state index contributed by atoms with van der Waals surface area (Å²) in [4.78, 5) is 24.6. The number of nitrogens with one attached hydrogen (secondary N) is 1. The van der Waals surface area contributed by atoms with E-state index in [1.807, 2.05) is 0 Å². The SMILES string of the molecule is C#CCNC(=O)c1cc(C)nn([C@@H](C)c2ccc(F)cc2)c1=O. The third-order valence-corrected chi connectivity index (χ3v) is 3.37. The van der Waals surface area contributed by atoms with Crippen LogP contribution in [0.15, 0.2) is 35.1 Å². The second-order valence-corrected chi connectivity index (χ2v) is 5.06. The number of aromatic nitrogens is 2. The van der Waals surface area contributed by atoms with E-state index in [0.717, 1.165) is 0 Å².